The third kappa shape index (κ3) is 6.84. The first kappa shape index (κ1) is 29.8. The molecule has 10 nitrogen and oxygen atoms in total. The molecule has 1 atom stereocenters. The minimum absolute atomic E-state index is 0.0275. The molecule has 0 aliphatic carbocycles. The number of amides is 2. The Bertz CT molecular complexity index is 1420. The summed E-state index contributed by atoms with van der Waals surface area (Å²) in [6.07, 6.45) is 0. The van der Waals surface area contributed by atoms with E-state index in [2.05, 4.69) is 14.8 Å². The smallest absolute Gasteiger partial charge is 0.254 e. The zero-order chi connectivity index (χ0) is 29.6. The van der Waals surface area contributed by atoms with E-state index < -0.39 is 0 Å². The molecular formula is C30H35ClN6O4S. The van der Waals surface area contributed by atoms with Gasteiger partial charge in [0.05, 0.1) is 25.7 Å². The Morgan fingerprint density at radius 3 is 2.43 bits per heavy atom. The lowest BCUT2D eigenvalue weighted by atomic mass is 10.1. The van der Waals surface area contributed by atoms with E-state index in [-0.39, 0.29) is 23.6 Å². The highest BCUT2D eigenvalue weighted by atomic mass is 35.5. The number of ether oxygens (including phenoxy) is 2. The summed E-state index contributed by atoms with van der Waals surface area (Å²) in [5, 5.41) is 0.781. The minimum Gasteiger partial charge on any atom is -0.497 e. The van der Waals surface area contributed by atoms with Crippen LogP contribution in [0.5, 0.6) is 11.5 Å². The van der Waals surface area contributed by atoms with E-state index in [0.29, 0.717) is 60.2 Å². The fourth-order valence-electron chi connectivity index (χ4n) is 5.31. The second kappa shape index (κ2) is 13.5. The Hall–Kier alpha value is -3.70. The lowest BCUT2D eigenvalue weighted by Gasteiger charge is -2.40. The van der Waals surface area contributed by atoms with Gasteiger partial charge in [-0.25, -0.2) is 9.97 Å². The van der Waals surface area contributed by atoms with Gasteiger partial charge in [-0.05, 0) is 37.3 Å². The molecule has 2 amide bonds. The summed E-state index contributed by atoms with van der Waals surface area (Å²) in [5.74, 6) is 2.43. The van der Waals surface area contributed by atoms with Crippen molar-refractivity contribution in [1.29, 1.82) is 0 Å². The molecule has 5 rings (SSSR count). The number of piperazine rings is 2. The first-order chi connectivity index (χ1) is 20.4. The van der Waals surface area contributed by atoms with Crippen LogP contribution in [0.1, 0.15) is 17.3 Å². The lowest BCUT2D eigenvalue weighted by molar-refractivity contribution is -0.128. The summed E-state index contributed by atoms with van der Waals surface area (Å²) in [6.45, 7) is 6.51. The third-order valence-corrected chi connectivity index (χ3v) is 8.60. The van der Waals surface area contributed by atoms with Crippen LogP contribution in [-0.4, -0.2) is 103 Å². The molecule has 3 aromatic rings. The third-order valence-electron chi connectivity index (χ3n) is 7.57. The van der Waals surface area contributed by atoms with E-state index in [1.165, 1.54) is 11.8 Å². The standard InChI is InChI=1S/C30H35ClN6O4S/c1-21-19-36(15-16-37(21)29(39)22-7-6-8-23(17-22)40-2)27-18-26(31)32-30(33-27)42-20-28(38)35-13-11-34(12-14-35)24-9-4-5-10-25(24)41-3/h4-10,17-18,21H,11-16,19-20H2,1-3H3. The Morgan fingerprint density at radius 2 is 1.69 bits per heavy atom. The van der Waals surface area contributed by atoms with E-state index in [1.54, 1.807) is 32.4 Å². The van der Waals surface area contributed by atoms with E-state index in [9.17, 15) is 9.59 Å². The van der Waals surface area contributed by atoms with Crippen molar-refractivity contribution in [2.24, 2.45) is 0 Å². The number of nitrogens with zero attached hydrogens (tertiary/aromatic N) is 6. The van der Waals surface area contributed by atoms with Gasteiger partial charge in [-0.15, -0.1) is 0 Å². The van der Waals surface area contributed by atoms with Crippen molar-refractivity contribution in [3.05, 3.63) is 65.3 Å². The Kier molecular flexibility index (Phi) is 9.58. The molecule has 2 aliphatic rings. The van der Waals surface area contributed by atoms with Gasteiger partial charge in [-0.1, -0.05) is 41.6 Å². The highest BCUT2D eigenvalue weighted by Gasteiger charge is 2.30. The zero-order valence-corrected chi connectivity index (χ0v) is 25.6. The van der Waals surface area contributed by atoms with Gasteiger partial charge in [0.25, 0.3) is 5.91 Å². The topological polar surface area (TPSA) is 91.3 Å². The predicted octanol–water partition coefficient (Wildman–Crippen LogP) is 3.94. The molecule has 42 heavy (non-hydrogen) atoms. The largest absolute Gasteiger partial charge is 0.497 e. The van der Waals surface area contributed by atoms with Crippen LogP contribution in [0.4, 0.5) is 11.5 Å². The van der Waals surface area contributed by atoms with Gasteiger partial charge in [0, 0.05) is 63.5 Å². The quantitative estimate of drug-likeness (QED) is 0.214. The zero-order valence-electron chi connectivity index (χ0n) is 24.0. The number of benzene rings is 2. The van der Waals surface area contributed by atoms with Gasteiger partial charge in [0.15, 0.2) is 5.16 Å². The van der Waals surface area contributed by atoms with Crippen molar-refractivity contribution < 1.29 is 19.1 Å². The molecule has 2 aliphatic heterocycles. The molecule has 2 aromatic carbocycles. The molecule has 2 fully saturated rings. The van der Waals surface area contributed by atoms with Crippen molar-refractivity contribution in [2.45, 2.75) is 18.1 Å². The Balaban J connectivity index is 1.15. The molecule has 0 saturated carbocycles. The van der Waals surface area contributed by atoms with Crippen molar-refractivity contribution in [2.75, 3.05) is 75.6 Å². The normalized spacial score (nSPS) is 17.3. The average Bonchev–Trinajstić information content (AvgIpc) is 3.03. The number of anilines is 2. The van der Waals surface area contributed by atoms with Gasteiger partial charge in [0.1, 0.15) is 22.5 Å². The summed E-state index contributed by atoms with van der Waals surface area (Å²) in [4.78, 5) is 43.4. The van der Waals surface area contributed by atoms with E-state index in [4.69, 9.17) is 26.1 Å². The SMILES string of the molecule is COc1cccc(C(=O)N2CCN(c3cc(Cl)nc(SCC(=O)N4CCN(c5ccccc5OC)CC4)n3)CC2C)c1. The van der Waals surface area contributed by atoms with Gasteiger partial charge >= 0.3 is 0 Å². The van der Waals surface area contributed by atoms with Crippen molar-refractivity contribution in [1.82, 2.24) is 19.8 Å². The number of para-hydroxylation sites is 2. The average molecular weight is 611 g/mol. The van der Waals surface area contributed by atoms with Crippen LogP contribution in [0.25, 0.3) is 0 Å². The van der Waals surface area contributed by atoms with E-state index in [0.717, 1.165) is 24.5 Å². The number of rotatable bonds is 8. The maximum atomic E-state index is 13.2. The van der Waals surface area contributed by atoms with E-state index >= 15 is 0 Å². The molecule has 222 valence electrons. The maximum Gasteiger partial charge on any atom is 0.254 e. The van der Waals surface area contributed by atoms with Crippen LogP contribution in [0.15, 0.2) is 59.8 Å². The van der Waals surface area contributed by atoms with Gasteiger partial charge in [-0.2, -0.15) is 0 Å². The first-order valence-electron chi connectivity index (χ1n) is 13.9. The number of methoxy groups -OCH3 is 2. The molecule has 1 unspecified atom stereocenters. The first-order valence-corrected chi connectivity index (χ1v) is 15.3. The summed E-state index contributed by atoms with van der Waals surface area (Å²) in [6, 6.07) is 16.8. The molecule has 0 N–H and O–H groups in total. The van der Waals surface area contributed by atoms with Crippen molar-refractivity contribution in [3.63, 3.8) is 0 Å². The number of thioether (sulfide) groups is 1. The van der Waals surface area contributed by atoms with Crippen LogP contribution in [0.3, 0.4) is 0 Å². The number of aromatic nitrogens is 2. The minimum atomic E-state index is -0.0432. The van der Waals surface area contributed by atoms with Gasteiger partial charge in [0.2, 0.25) is 5.91 Å². The van der Waals surface area contributed by atoms with Crippen molar-refractivity contribution >= 4 is 46.7 Å². The van der Waals surface area contributed by atoms with Crippen LogP contribution in [0, 0.1) is 0 Å². The number of hydrogen-bond acceptors (Lipinski definition) is 9. The number of halogens is 1. The Morgan fingerprint density at radius 1 is 0.929 bits per heavy atom. The molecule has 3 heterocycles. The molecule has 0 radical (unpaired) electrons. The summed E-state index contributed by atoms with van der Waals surface area (Å²) in [7, 11) is 3.26. The molecule has 0 spiro atoms. The number of carbonyl (C=O) groups is 2. The molecular weight excluding hydrogens is 576 g/mol. The molecule has 1 aromatic heterocycles. The second-order valence-corrected chi connectivity index (χ2v) is 11.5. The molecule has 0 bridgehead atoms. The highest BCUT2D eigenvalue weighted by Crippen LogP contribution is 2.29. The highest BCUT2D eigenvalue weighted by molar-refractivity contribution is 7.99. The summed E-state index contributed by atoms with van der Waals surface area (Å²) < 4.78 is 10.8. The van der Waals surface area contributed by atoms with Crippen LogP contribution in [-0.2, 0) is 4.79 Å². The van der Waals surface area contributed by atoms with Crippen LogP contribution >= 0.6 is 23.4 Å². The van der Waals surface area contributed by atoms with Crippen LogP contribution < -0.4 is 19.3 Å². The monoisotopic (exact) mass is 610 g/mol. The molecule has 2 saturated heterocycles. The summed E-state index contributed by atoms with van der Waals surface area (Å²) in [5.41, 5.74) is 1.64. The van der Waals surface area contributed by atoms with E-state index in [1.807, 2.05) is 53.1 Å². The Labute approximate surface area is 255 Å². The fraction of sp³-hybridized carbons (Fsp3) is 0.400. The molecule has 12 heteroatoms. The number of carbonyl (C=O) groups excluding carboxylic acids is 2. The van der Waals surface area contributed by atoms with Crippen molar-refractivity contribution in [3.8, 4) is 11.5 Å². The van der Waals surface area contributed by atoms with Crippen LogP contribution in [0.2, 0.25) is 5.15 Å². The second-order valence-electron chi connectivity index (χ2n) is 10.2. The van der Waals surface area contributed by atoms with Gasteiger partial charge in [-0.3, -0.25) is 9.59 Å². The maximum absolute atomic E-state index is 13.2. The number of hydrogen-bond donors (Lipinski definition) is 0. The van der Waals surface area contributed by atoms with Gasteiger partial charge < -0.3 is 29.1 Å². The summed E-state index contributed by atoms with van der Waals surface area (Å²) >= 11 is 7.67. The fourth-order valence-corrected chi connectivity index (χ4v) is 6.29. The lowest BCUT2D eigenvalue weighted by Crippen LogP contribution is -2.54. The predicted molar refractivity (Wildman–Crippen MR) is 165 cm³/mol.